The number of hydrogen-bond acceptors (Lipinski definition) is 4. The molecule has 108 valence electrons. The second kappa shape index (κ2) is 5.44. The molecule has 7 heteroatoms. The zero-order valence-electron chi connectivity index (χ0n) is 10.8. The summed E-state index contributed by atoms with van der Waals surface area (Å²) in [5.74, 6) is -1.85. The SMILES string of the molecule is O=C(O)C1(CNc2cccc(F)c2[N+](=O)[O-])CCCC1. The van der Waals surface area contributed by atoms with Gasteiger partial charge in [0.05, 0.1) is 10.3 Å². The second-order valence-corrected chi connectivity index (χ2v) is 5.04. The van der Waals surface area contributed by atoms with Crippen molar-refractivity contribution < 1.29 is 19.2 Å². The van der Waals surface area contributed by atoms with Crippen LogP contribution in [0.5, 0.6) is 0 Å². The minimum atomic E-state index is -0.934. The number of carboxylic acid groups (broad SMARTS) is 1. The Morgan fingerprint density at radius 1 is 1.45 bits per heavy atom. The average Bonchev–Trinajstić information content (AvgIpc) is 2.86. The summed E-state index contributed by atoms with van der Waals surface area (Å²) in [6.07, 6.45) is 2.69. The van der Waals surface area contributed by atoms with Gasteiger partial charge in [-0.15, -0.1) is 0 Å². The first kappa shape index (κ1) is 14.2. The van der Waals surface area contributed by atoms with Crippen LogP contribution in [0.25, 0.3) is 0 Å². The number of carbonyl (C=O) groups is 1. The molecule has 0 saturated heterocycles. The number of halogens is 1. The van der Waals surface area contributed by atoms with Crippen LogP contribution >= 0.6 is 0 Å². The van der Waals surface area contributed by atoms with Gasteiger partial charge in [0.15, 0.2) is 0 Å². The van der Waals surface area contributed by atoms with E-state index < -0.39 is 27.8 Å². The number of carboxylic acids is 1. The number of nitro benzene ring substituents is 1. The first-order chi connectivity index (χ1) is 9.46. The van der Waals surface area contributed by atoms with Crippen molar-refractivity contribution in [1.29, 1.82) is 0 Å². The Hall–Kier alpha value is -2.18. The van der Waals surface area contributed by atoms with E-state index in [1.807, 2.05) is 0 Å². The maximum Gasteiger partial charge on any atom is 0.327 e. The van der Waals surface area contributed by atoms with Gasteiger partial charge < -0.3 is 10.4 Å². The Bertz CT molecular complexity index is 541. The molecule has 2 rings (SSSR count). The lowest BCUT2D eigenvalue weighted by molar-refractivity contribution is -0.386. The molecule has 0 amide bonds. The molecular formula is C13H15FN2O4. The van der Waals surface area contributed by atoms with Gasteiger partial charge in [0, 0.05) is 6.54 Å². The van der Waals surface area contributed by atoms with Crippen molar-refractivity contribution >= 4 is 17.3 Å². The number of nitrogens with one attached hydrogen (secondary N) is 1. The van der Waals surface area contributed by atoms with E-state index in [0.717, 1.165) is 18.9 Å². The van der Waals surface area contributed by atoms with Crippen LogP contribution in [0.1, 0.15) is 25.7 Å². The minimum Gasteiger partial charge on any atom is -0.481 e. The van der Waals surface area contributed by atoms with Crippen LogP contribution in [0, 0.1) is 21.3 Å². The van der Waals surface area contributed by atoms with Gasteiger partial charge in [0.25, 0.3) is 0 Å². The summed E-state index contributed by atoms with van der Waals surface area (Å²) in [6, 6.07) is 3.74. The topological polar surface area (TPSA) is 92.5 Å². The van der Waals surface area contributed by atoms with Crippen LogP contribution < -0.4 is 5.32 Å². The zero-order valence-corrected chi connectivity index (χ0v) is 10.8. The quantitative estimate of drug-likeness (QED) is 0.640. The number of nitrogens with zero attached hydrogens (tertiary/aromatic N) is 1. The molecule has 1 aromatic rings. The lowest BCUT2D eigenvalue weighted by atomic mass is 9.86. The first-order valence-corrected chi connectivity index (χ1v) is 6.36. The lowest BCUT2D eigenvalue weighted by Crippen LogP contribution is -2.35. The number of nitro groups is 1. The average molecular weight is 282 g/mol. The minimum absolute atomic E-state index is 0.0162. The molecule has 0 radical (unpaired) electrons. The number of rotatable bonds is 5. The highest BCUT2D eigenvalue weighted by molar-refractivity contribution is 5.76. The smallest absolute Gasteiger partial charge is 0.327 e. The molecule has 20 heavy (non-hydrogen) atoms. The molecule has 1 aliphatic rings. The van der Waals surface area contributed by atoms with Crippen molar-refractivity contribution in [1.82, 2.24) is 0 Å². The first-order valence-electron chi connectivity index (χ1n) is 6.36. The molecule has 0 atom stereocenters. The molecule has 1 aliphatic carbocycles. The van der Waals surface area contributed by atoms with Gasteiger partial charge in [-0.2, -0.15) is 4.39 Å². The molecule has 6 nitrogen and oxygen atoms in total. The molecule has 1 saturated carbocycles. The largest absolute Gasteiger partial charge is 0.481 e. The number of benzene rings is 1. The third-order valence-corrected chi connectivity index (χ3v) is 3.80. The van der Waals surface area contributed by atoms with E-state index >= 15 is 0 Å². The van der Waals surface area contributed by atoms with Crippen molar-refractivity contribution in [3.05, 3.63) is 34.1 Å². The molecule has 0 heterocycles. The Morgan fingerprint density at radius 3 is 2.65 bits per heavy atom. The van der Waals surface area contributed by atoms with E-state index in [9.17, 15) is 24.4 Å². The highest BCUT2D eigenvalue weighted by atomic mass is 19.1. The summed E-state index contributed by atoms with van der Waals surface area (Å²) < 4.78 is 13.5. The van der Waals surface area contributed by atoms with Gasteiger partial charge in [0.2, 0.25) is 5.82 Å². The van der Waals surface area contributed by atoms with Crippen molar-refractivity contribution in [2.24, 2.45) is 5.41 Å². The highest BCUT2D eigenvalue weighted by Crippen LogP contribution is 2.39. The number of para-hydroxylation sites is 1. The highest BCUT2D eigenvalue weighted by Gasteiger charge is 2.41. The number of hydrogen-bond donors (Lipinski definition) is 2. The van der Waals surface area contributed by atoms with Crippen LogP contribution in [0.3, 0.4) is 0 Å². The van der Waals surface area contributed by atoms with Crippen LogP contribution in [0.2, 0.25) is 0 Å². The van der Waals surface area contributed by atoms with E-state index in [-0.39, 0.29) is 12.2 Å². The summed E-state index contributed by atoms with van der Waals surface area (Å²) in [4.78, 5) is 21.4. The van der Waals surface area contributed by atoms with Crippen molar-refractivity contribution in [3.63, 3.8) is 0 Å². The molecule has 0 bridgehead atoms. The molecule has 2 N–H and O–H groups in total. The molecule has 0 unspecified atom stereocenters. The normalized spacial score (nSPS) is 16.9. The fraction of sp³-hybridized carbons (Fsp3) is 0.462. The maximum atomic E-state index is 13.5. The Balaban J connectivity index is 2.21. The van der Waals surface area contributed by atoms with E-state index in [1.165, 1.54) is 12.1 Å². The van der Waals surface area contributed by atoms with Crippen molar-refractivity contribution in [3.8, 4) is 0 Å². The molecule has 0 aromatic heterocycles. The third-order valence-electron chi connectivity index (χ3n) is 3.80. The molecule has 1 fully saturated rings. The Morgan fingerprint density at radius 2 is 2.10 bits per heavy atom. The zero-order chi connectivity index (χ0) is 14.8. The molecule has 0 aliphatic heterocycles. The van der Waals surface area contributed by atoms with Crippen molar-refractivity contribution in [2.75, 3.05) is 11.9 Å². The summed E-state index contributed by atoms with van der Waals surface area (Å²) in [5.41, 5.74) is -1.55. The summed E-state index contributed by atoms with van der Waals surface area (Å²) in [5, 5.41) is 22.9. The lowest BCUT2D eigenvalue weighted by Gasteiger charge is -2.24. The van der Waals surface area contributed by atoms with Crippen LogP contribution in [0.15, 0.2) is 18.2 Å². The monoisotopic (exact) mass is 282 g/mol. The van der Waals surface area contributed by atoms with Gasteiger partial charge in [0.1, 0.15) is 5.69 Å². The molecule has 0 spiro atoms. The van der Waals surface area contributed by atoms with Crippen molar-refractivity contribution in [2.45, 2.75) is 25.7 Å². The predicted molar refractivity (Wildman–Crippen MR) is 70.1 cm³/mol. The summed E-state index contributed by atoms with van der Waals surface area (Å²) >= 11 is 0. The molecule has 1 aromatic carbocycles. The van der Waals surface area contributed by atoms with Crippen LogP contribution in [-0.2, 0) is 4.79 Å². The summed E-state index contributed by atoms with van der Waals surface area (Å²) in [7, 11) is 0. The van der Waals surface area contributed by atoms with E-state index in [2.05, 4.69) is 5.32 Å². The fourth-order valence-electron chi connectivity index (χ4n) is 2.63. The van der Waals surface area contributed by atoms with E-state index in [4.69, 9.17) is 0 Å². The Kier molecular flexibility index (Phi) is 3.87. The standard InChI is InChI=1S/C13H15FN2O4/c14-9-4-3-5-10(11(9)16(19)20)15-8-13(12(17)18)6-1-2-7-13/h3-5,15H,1-2,6-8H2,(H,17,18). The van der Waals surface area contributed by atoms with E-state index in [0.29, 0.717) is 12.8 Å². The van der Waals surface area contributed by atoms with Gasteiger partial charge in [-0.25, -0.2) is 0 Å². The Labute approximate surface area is 114 Å². The van der Waals surface area contributed by atoms with E-state index in [1.54, 1.807) is 0 Å². The van der Waals surface area contributed by atoms with Crippen LogP contribution in [-0.4, -0.2) is 22.5 Å². The third kappa shape index (κ3) is 2.56. The fourth-order valence-corrected chi connectivity index (χ4v) is 2.63. The predicted octanol–water partition coefficient (Wildman–Crippen LogP) is 2.79. The van der Waals surface area contributed by atoms with Gasteiger partial charge in [-0.1, -0.05) is 18.9 Å². The van der Waals surface area contributed by atoms with Crippen LogP contribution in [0.4, 0.5) is 15.8 Å². The van der Waals surface area contributed by atoms with Gasteiger partial charge >= 0.3 is 11.7 Å². The van der Waals surface area contributed by atoms with Gasteiger partial charge in [-0.3, -0.25) is 14.9 Å². The summed E-state index contributed by atoms with van der Waals surface area (Å²) in [6.45, 7) is 0.0621. The second-order valence-electron chi connectivity index (χ2n) is 5.04. The molecular weight excluding hydrogens is 267 g/mol. The maximum absolute atomic E-state index is 13.5. The van der Waals surface area contributed by atoms with Gasteiger partial charge in [-0.05, 0) is 25.0 Å². The number of anilines is 1. The number of aliphatic carboxylic acids is 1.